The van der Waals surface area contributed by atoms with E-state index in [0.29, 0.717) is 29.2 Å². The van der Waals surface area contributed by atoms with E-state index < -0.39 is 0 Å². The van der Waals surface area contributed by atoms with Crippen LogP contribution in [0.25, 0.3) is 0 Å². The topological polar surface area (TPSA) is 64.3 Å². The van der Waals surface area contributed by atoms with E-state index in [4.69, 9.17) is 22.1 Å². The van der Waals surface area contributed by atoms with Crippen molar-refractivity contribution in [1.82, 2.24) is 9.97 Å². The monoisotopic (exact) mass is 258 g/mol. The van der Waals surface area contributed by atoms with Crippen molar-refractivity contribution in [2.75, 3.05) is 37.4 Å². The van der Waals surface area contributed by atoms with Crippen molar-refractivity contribution in [2.45, 2.75) is 13.8 Å². The first-order chi connectivity index (χ1) is 8.06. The molecular formula is C11H19ClN4O. The quantitative estimate of drug-likeness (QED) is 0.843. The summed E-state index contributed by atoms with van der Waals surface area (Å²) in [6, 6.07) is 0. The van der Waals surface area contributed by atoms with Crippen molar-refractivity contribution >= 4 is 23.2 Å². The fourth-order valence-electron chi connectivity index (χ4n) is 1.52. The second-order valence-electron chi connectivity index (χ2n) is 4.23. The van der Waals surface area contributed by atoms with Crippen LogP contribution in [-0.4, -0.2) is 36.8 Å². The Balaban J connectivity index is 2.90. The van der Waals surface area contributed by atoms with Crippen molar-refractivity contribution in [3.63, 3.8) is 0 Å². The van der Waals surface area contributed by atoms with Crippen molar-refractivity contribution in [1.29, 1.82) is 0 Å². The van der Waals surface area contributed by atoms with E-state index in [-0.39, 0.29) is 0 Å². The summed E-state index contributed by atoms with van der Waals surface area (Å²) in [4.78, 5) is 10.1. The molecule has 0 aliphatic rings. The van der Waals surface area contributed by atoms with Gasteiger partial charge in [-0.3, -0.25) is 0 Å². The summed E-state index contributed by atoms with van der Waals surface area (Å²) in [5.41, 5.74) is 5.68. The molecule has 0 aromatic carbocycles. The number of ether oxygens (including phenoxy) is 1. The Morgan fingerprint density at radius 2 is 2.18 bits per heavy atom. The van der Waals surface area contributed by atoms with Gasteiger partial charge in [-0.15, -0.1) is 0 Å². The minimum Gasteiger partial charge on any atom is -0.383 e. The van der Waals surface area contributed by atoms with Crippen LogP contribution in [0.5, 0.6) is 0 Å². The number of methoxy groups -OCH3 is 1. The first-order valence-corrected chi connectivity index (χ1v) is 5.94. The minimum absolute atomic E-state index is 0.308. The molecule has 1 aromatic rings. The lowest BCUT2D eigenvalue weighted by Gasteiger charge is -2.26. The molecule has 1 rings (SSSR count). The lowest BCUT2D eigenvalue weighted by atomic mass is 10.2. The SMILES string of the molecule is COCCN(CC(C)C)c1ncnc(N)c1Cl. The predicted octanol–water partition coefficient (Wildman–Crippen LogP) is 1.82. The summed E-state index contributed by atoms with van der Waals surface area (Å²) < 4.78 is 5.09. The molecule has 6 heteroatoms. The van der Waals surface area contributed by atoms with E-state index in [1.807, 2.05) is 0 Å². The summed E-state index contributed by atoms with van der Waals surface area (Å²) in [5, 5.41) is 0.407. The maximum Gasteiger partial charge on any atom is 0.153 e. The highest BCUT2D eigenvalue weighted by atomic mass is 35.5. The fraction of sp³-hybridized carbons (Fsp3) is 0.636. The zero-order chi connectivity index (χ0) is 12.8. The number of hydrogen-bond acceptors (Lipinski definition) is 5. The van der Waals surface area contributed by atoms with Crippen LogP contribution in [0.2, 0.25) is 5.02 Å². The Labute approximate surface area is 107 Å². The Hall–Kier alpha value is -1.07. The summed E-state index contributed by atoms with van der Waals surface area (Å²) in [6.07, 6.45) is 1.43. The number of anilines is 2. The van der Waals surface area contributed by atoms with Gasteiger partial charge in [-0.1, -0.05) is 25.4 Å². The summed E-state index contributed by atoms with van der Waals surface area (Å²) in [7, 11) is 1.67. The molecule has 5 nitrogen and oxygen atoms in total. The van der Waals surface area contributed by atoms with Gasteiger partial charge in [0.2, 0.25) is 0 Å². The maximum atomic E-state index is 6.12. The van der Waals surface area contributed by atoms with Gasteiger partial charge < -0.3 is 15.4 Å². The van der Waals surface area contributed by atoms with Gasteiger partial charge >= 0.3 is 0 Å². The van der Waals surface area contributed by atoms with Crippen LogP contribution in [0.4, 0.5) is 11.6 Å². The van der Waals surface area contributed by atoms with Gasteiger partial charge in [-0.05, 0) is 5.92 Å². The zero-order valence-corrected chi connectivity index (χ0v) is 11.2. The van der Waals surface area contributed by atoms with Crippen LogP contribution in [0, 0.1) is 5.92 Å². The first-order valence-electron chi connectivity index (χ1n) is 5.56. The molecule has 0 saturated carbocycles. The molecule has 0 aliphatic carbocycles. The van der Waals surface area contributed by atoms with Crippen molar-refractivity contribution in [3.05, 3.63) is 11.3 Å². The standard InChI is InChI=1S/C11H19ClN4O/c1-8(2)6-16(4-5-17-3)11-9(12)10(13)14-7-15-11/h7-8H,4-6H2,1-3H3,(H2,13,14,15). The van der Waals surface area contributed by atoms with Crippen LogP contribution in [-0.2, 0) is 4.74 Å². The molecule has 0 aliphatic heterocycles. The van der Waals surface area contributed by atoms with Crippen molar-refractivity contribution in [2.24, 2.45) is 5.92 Å². The highest BCUT2D eigenvalue weighted by Gasteiger charge is 2.15. The Bertz CT molecular complexity index is 359. The second-order valence-corrected chi connectivity index (χ2v) is 4.61. The number of nitrogen functional groups attached to an aromatic ring is 1. The molecule has 0 unspecified atom stereocenters. The first kappa shape index (κ1) is 14.0. The van der Waals surface area contributed by atoms with Crippen LogP contribution >= 0.6 is 11.6 Å². The zero-order valence-electron chi connectivity index (χ0n) is 10.5. The summed E-state index contributed by atoms with van der Waals surface area (Å²) in [6.45, 7) is 6.47. The molecule has 1 aromatic heterocycles. The van der Waals surface area contributed by atoms with Gasteiger partial charge in [0.05, 0.1) is 6.61 Å². The van der Waals surface area contributed by atoms with Gasteiger partial charge in [0.15, 0.2) is 5.82 Å². The lowest BCUT2D eigenvalue weighted by Crippen LogP contribution is -2.32. The minimum atomic E-state index is 0.308. The second kappa shape index (κ2) is 6.61. The molecule has 0 amide bonds. The third kappa shape index (κ3) is 4.02. The number of nitrogens with zero attached hydrogens (tertiary/aromatic N) is 3. The number of rotatable bonds is 6. The van der Waals surface area contributed by atoms with Gasteiger partial charge in [-0.25, -0.2) is 9.97 Å². The summed E-state index contributed by atoms with van der Waals surface area (Å²) in [5.74, 6) is 1.48. The van der Waals surface area contributed by atoms with Crippen LogP contribution < -0.4 is 10.6 Å². The third-order valence-corrected chi connectivity index (χ3v) is 2.61. The highest BCUT2D eigenvalue weighted by molar-refractivity contribution is 6.35. The number of nitrogens with two attached hydrogens (primary N) is 1. The third-order valence-electron chi connectivity index (χ3n) is 2.25. The normalized spacial score (nSPS) is 10.9. The molecule has 17 heavy (non-hydrogen) atoms. The van der Waals surface area contributed by atoms with Crippen molar-refractivity contribution in [3.8, 4) is 0 Å². The molecule has 0 spiro atoms. The smallest absolute Gasteiger partial charge is 0.153 e. The van der Waals surface area contributed by atoms with E-state index in [9.17, 15) is 0 Å². The van der Waals surface area contributed by atoms with E-state index >= 15 is 0 Å². The van der Waals surface area contributed by atoms with Gasteiger partial charge in [-0.2, -0.15) is 0 Å². The molecule has 96 valence electrons. The van der Waals surface area contributed by atoms with Crippen LogP contribution in [0.1, 0.15) is 13.8 Å². The Morgan fingerprint density at radius 1 is 1.47 bits per heavy atom. The number of hydrogen-bond donors (Lipinski definition) is 1. The molecule has 0 atom stereocenters. The molecule has 1 heterocycles. The van der Waals surface area contributed by atoms with E-state index in [1.165, 1.54) is 6.33 Å². The fourth-order valence-corrected chi connectivity index (χ4v) is 1.74. The predicted molar refractivity (Wildman–Crippen MR) is 70.4 cm³/mol. The van der Waals surface area contributed by atoms with Gasteiger partial charge in [0, 0.05) is 20.2 Å². The molecule has 0 bridgehead atoms. The highest BCUT2D eigenvalue weighted by Crippen LogP contribution is 2.27. The molecule has 0 fully saturated rings. The Morgan fingerprint density at radius 3 is 2.76 bits per heavy atom. The molecular weight excluding hydrogens is 240 g/mol. The molecule has 0 saturated heterocycles. The average molecular weight is 259 g/mol. The van der Waals surface area contributed by atoms with Gasteiger partial charge in [0.1, 0.15) is 17.2 Å². The number of aromatic nitrogens is 2. The Kier molecular flexibility index (Phi) is 5.44. The average Bonchev–Trinajstić information content (AvgIpc) is 2.28. The number of halogens is 1. The lowest BCUT2D eigenvalue weighted by molar-refractivity contribution is 0.204. The summed E-state index contributed by atoms with van der Waals surface area (Å²) >= 11 is 6.12. The van der Waals surface area contributed by atoms with Crippen LogP contribution in [0.3, 0.4) is 0 Å². The van der Waals surface area contributed by atoms with E-state index in [0.717, 1.165) is 13.1 Å². The molecule has 0 radical (unpaired) electrons. The largest absolute Gasteiger partial charge is 0.383 e. The van der Waals surface area contributed by atoms with Gasteiger partial charge in [0.25, 0.3) is 0 Å². The van der Waals surface area contributed by atoms with Crippen LogP contribution in [0.15, 0.2) is 6.33 Å². The van der Waals surface area contributed by atoms with E-state index in [2.05, 4.69) is 28.7 Å². The van der Waals surface area contributed by atoms with Crippen molar-refractivity contribution < 1.29 is 4.74 Å². The molecule has 2 N–H and O–H groups in total. The maximum absolute atomic E-state index is 6.12. The van der Waals surface area contributed by atoms with E-state index in [1.54, 1.807) is 7.11 Å².